The molecule has 0 unspecified atom stereocenters. The highest BCUT2D eigenvalue weighted by Crippen LogP contribution is 2.20. The van der Waals surface area contributed by atoms with Crippen LogP contribution in [0.15, 0.2) is 42.6 Å². The molecule has 3 rings (SSSR count). The molecule has 1 aromatic carbocycles. The van der Waals surface area contributed by atoms with E-state index in [0.29, 0.717) is 22.7 Å². The Kier molecular flexibility index (Phi) is 4.94. The first-order valence-electron chi connectivity index (χ1n) is 8.02. The molecule has 1 amide bonds. The molecular weight excluding hydrogens is 336 g/mol. The molecule has 134 valence electrons. The van der Waals surface area contributed by atoms with Gasteiger partial charge in [-0.25, -0.2) is 9.97 Å². The minimum Gasteiger partial charge on any atom is -0.481 e. The number of carboxylic acids is 1. The van der Waals surface area contributed by atoms with E-state index in [4.69, 9.17) is 5.11 Å². The molecule has 0 aliphatic carbocycles. The van der Waals surface area contributed by atoms with E-state index in [1.54, 1.807) is 54.2 Å². The number of aryl methyl sites for hydroxylation is 1. The zero-order valence-electron chi connectivity index (χ0n) is 14.2. The zero-order valence-corrected chi connectivity index (χ0v) is 14.2. The topological polar surface area (TPSA) is 109 Å². The van der Waals surface area contributed by atoms with Crippen LogP contribution in [0.5, 0.6) is 0 Å². The van der Waals surface area contributed by atoms with Crippen molar-refractivity contribution in [3.05, 3.63) is 54.0 Å². The Morgan fingerprint density at radius 2 is 2.04 bits per heavy atom. The number of amides is 1. The number of hydrogen-bond acceptors (Lipinski definition) is 5. The van der Waals surface area contributed by atoms with E-state index in [1.807, 2.05) is 0 Å². The third kappa shape index (κ3) is 3.40. The molecule has 2 aromatic heterocycles. The molecule has 0 aliphatic heterocycles. The second-order valence-corrected chi connectivity index (χ2v) is 5.74. The highest BCUT2D eigenvalue weighted by molar-refractivity contribution is 6.07. The van der Waals surface area contributed by atoms with Crippen molar-refractivity contribution in [1.29, 1.82) is 0 Å². The van der Waals surface area contributed by atoms with Crippen molar-refractivity contribution < 1.29 is 19.8 Å². The van der Waals surface area contributed by atoms with E-state index < -0.39 is 5.97 Å². The molecule has 0 aliphatic rings. The van der Waals surface area contributed by atoms with Gasteiger partial charge in [-0.05, 0) is 30.3 Å². The van der Waals surface area contributed by atoms with Crippen LogP contribution < -0.4 is 4.90 Å². The van der Waals surface area contributed by atoms with Crippen molar-refractivity contribution in [3.8, 4) is 0 Å². The minimum atomic E-state index is -0.994. The standard InChI is InChI=1S/C18H18N4O4/c1-21-14-6-5-12(10-13(14)20-16(21)11-23)18(26)22(9-7-17(24)25)15-4-2-3-8-19-15/h2-6,8,10,23H,7,9,11H2,1H3,(H,24,25). The molecule has 8 nitrogen and oxygen atoms in total. The number of aliphatic carboxylic acids is 1. The lowest BCUT2D eigenvalue weighted by Crippen LogP contribution is -2.33. The third-order valence-corrected chi connectivity index (χ3v) is 4.08. The van der Waals surface area contributed by atoms with Crippen LogP contribution in [0.25, 0.3) is 11.0 Å². The predicted molar refractivity (Wildman–Crippen MR) is 94.8 cm³/mol. The van der Waals surface area contributed by atoms with Gasteiger partial charge < -0.3 is 14.8 Å². The summed E-state index contributed by atoms with van der Waals surface area (Å²) in [5.41, 5.74) is 1.75. The molecular formula is C18H18N4O4. The maximum Gasteiger partial charge on any atom is 0.305 e. The average molecular weight is 354 g/mol. The van der Waals surface area contributed by atoms with E-state index in [9.17, 15) is 14.7 Å². The summed E-state index contributed by atoms with van der Waals surface area (Å²) in [5.74, 6) is -0.470. The summed E-state index contributed by atoms with van der Waals surface area (Å²) in [7, 11) is 1.79. The van der Waals surface area contributed by atoms with Gasteiger partial charge in [0.2, 0.25) is 0 Å². The van der Waals surface area contributed by atoms with Gasteiger partial charge in [-0.1, -0.05) is 6.07 Å². The van der Waals surface area contributed by atoms with Crippen LogP contribution in [0.3, 0.4) is 0 Å². The Bertz CT molecular complexity index is 952. The molecule has 3 aromatic rings. The van der Waals surface area contributed by atoms with Crippen LogP contribution in [0, 0.1) is 0 Å². The minimum absolute atomic E-state index is 0.00727. The molecule has 0 saturated heterocycles. The van der Waals surface area contributed by atoms with Crippen LogP contribution in [-0.4, -0.2) is 43.2 Å². The number of anilines is 1. The summed E-state index contributed by atoms with van der Waals surface area (Å²) in [4.78, 5) is 33.7. The van der Waals surface area contributed by atoms with E-state index in [2.05, 4.69) is 9.97 Å². The molecule has 0 spiro atoms. The molecule has 0 fully saturated rings. The van der Waals surface area contributed by atoms with Gasteiger partial charge in [0.05, 0.1) is 17.5 Å². The van der Waals surface area contributed by atoms with Crippen LogP contribution in [0.4, 0.5) is 5.82 Å². The number of carboxylic acid groups (broad SMARTS) is 1. The third-order valence-electron chi connectivity index (χ3n) is 4.08. The number of fused-ring (bicyclic) bond motifs is 1. The number of pyridine rings is 1. The first kappa shape index (κ1) is 17.6. The monoisotopic (exact) mass is 354 g/mol. The largest absolute Gasteiger partial charge is 0.481 e. The molecule has 2 N–H and O–H groups in total. The van der Waals surface area contributed by atoms with Crippen LogP contribution in [0.1, 0.15) is 22.6 Å². The Labute approximate surface area is 149 Å². The number of nitrogens with zero attached hydrogens (tertiary/aromatic N) is 4. The molecule has 0 radical (unpaired) electrons. The van der Waals surface area contributed by atoms with Crippen molar-refractivity contribution in [2.45, 2.75) is 13.0 Å². The fraction of sp³-hybridized carbons (Fsp3) is 0.222. The second-order valence-electron chi connectivity index (χ2n) is 5.74. The van der Waals surface area contributed by atoms with Gasteiger partial charge in [0.1, 0.15) is 18.2 Å². The van der Waals surface area contributed by atoms with Crippen LogP contribution >= 0.6 is 0 Å². The lowest BCUT2D eigenvalue weighted by Gasteiger charge is -2.21. The Hall–Kier alpha value is -3.26. The van der Waals surface area contributed by atoms with E-state index in [0.717, 1.165) is 5.52 Å². The van der Waals surface area contributed by atoms with E-state index in [-0.39, 0.29) is 25.5 Å². The Balaban J connectivity index is 1.97. The number of hydrogen-bond donors (Lipinski definition) is 2. The van der Waals surface area contributed by atoms with Gasteiger partial charge in [-0.15, -0.1) is 0 Å². The SMILES string of the molecule is Cn1c(CO)nc2cc(C(=O)N(CCC(=O)O)c3ccccn3)ccc21. The van der Waals surface area contributed by atoms with E-state index >= 15 is 0 Å². The summed E-state index contributed by atoms with van der Waals surface area (Å²) in [5, 5.41) is 18.3. The predicted octanol–water partition coefficient (Wildman–Crippen LogP) is 1.58. The summed E-state index contributed by atoms with van der Waals surface area (Å²) in [6.45, 7) is -0.194. The molecule has 0 bridgehead atoms. The lowest BCUT2D eigenvalue weighted by molar-refractivity contribution is -0.136. The highest BCUT2D eigenvalue weighted by atomic mass is 16.4. The molecule has 0 atom stereocenters. The Morgan fingerprint density at radius 3 is 2.69 bits per heavy atom. The van der Waals surface area contributed by atoms with Crippen molar-refractivity contribution in [2.24, 2.45) is 7.05 Å². The molecule has 0 saturated carbocycles. The summed E-state index contributed by atoms with van der Waals surface area (Å²) < 4.78 is 1.75. The number of carbonyl (C=O) groups is 2. The van der Waals surface area contributed by atoms with E-state index in [1.165, 1.54) is 4.90 Å². The maximum atomic E-state index is 13.0. The van der Waals surface area contributed by atoms with Crippen molar-refractivity contribution in [3.63, 3.8) is 0 Å². The van der Waals surface area contributed by atoms with Gasteiger partial charge >= 0.3 is 5.97 Å². The smallest absolute Gasteiger partial charge is 0.305 e. The van der Waals surface area contributed by atoms with Crippen molar-refractivity contribution in [1.82, 2.24) is 14.5 Å². The van der Waals surface area contributed by atoms with Gasteiger partial charge in [-0.3, -0.25) is 14.5 Å². The van der Waals surface area contributed by atoms with Crippen molar-refractivity contribution in [2.75, 3.05) is 11.4 Å². The first-order valence-corrected chi connectivity index (χ1v) is 8.02. The quantitative estimate of drug-likeness (QED) is 0.696. The first-order chi connectivity index (χ1) is 12.5. The molecule has 26 heavy (non-hydrogen) atoms. The fourth-order valence-corrected chi connectivity index (χ4v) is 2.72. The number of aliphatic hydroxyl groups excluding tert-OH is 1. The highest BCUT2D eigenvalue weighted by Gasteiger charge is 2.20. The van der Waals surface area contributed by atoms with Gasteiger partial charge in [-0.2, -0.15) is 0 Å². The number of aromatic nitrogens is 3. The number of carbonyl (C=O) groups excluding carboxylic acids is 1. The number of rotatable bonds is 6. The van der Waals surface area contributed by atoms with Crippen LogP contribution in [-0.2, 0) is 18.4 Å². The molecule has 8 heteroatoms. The fourth-order valence-electron chi connectivity index (χ4n) is 2.72. The Morgan fingerprint density at radius 1 is 1.23 bits per heavy atom. The lowest BCUT2D eigenvalue weighted by atomic mass is 10.1. The van der Waals surface area contributed by atoms with Crippen LogP contribution in [0.2, 0.25) is 0 Å². The second kappa shape index (κ2) is 7.32. The maximum absolute atomic E-state index is 13.0. The number of aliphatic hydroxyl groups is 1. The summed E-state index contributed by atoms with van der Waals surface area (Å²) in [6, 6.07) is 10.2. The normalized spacial score (nSPS) is 10.8. The number of benzene rings is 1. The number of imidazole rings is 1. The summed E-state index contributed by atoms with van der Waals surface area (Å²) >= 11 is 0. The molecule has 2 heterocycles. The van der Waals surface area contributed by atoms with Gasteiger partial charge in [0.25, 0.3) is 5.91 Å². The van der Waals surface area contributed by atoms with Gasteiger partial charge in [0.15, 0.2) is 0 Å². The summed E-state index contributed by atoms with van der Waals surface area (Å²) in [6.07, 6.45) is 1.36. The zero-order chi connectivity index (χ0) is 18.7. The van der Waals surface area contributed by atoms with Gasteiger partial charge in [0, 0.05) is 25.4 Å². The van der Waals surface area contributed by atoms with Crippen molar-refractivity contribution >= 4 is 28.7 Å². The average Bonchev–Trinajstić information content (AvgIpc) is 2.97.